The minimum Gasteiger partial charge on any atom is -0.493 e. The van der Waals surface area contributed by atoms with Crippen LogP contribution in [-0.2, 0) is 0 Å². The molecule has 21 heavy (non-hydrogen) atoms. The van der Waals surface area contributed by atoms with Gasteiger partial charge in [0, 0.05) is 18.5 Å². The van der Waals surface area contributed by atoms with Crippen molar-refractivity contribution in [3.05, 3.63) is 23.8 Å². The lowest BCUT2D eigenvalue weighted by Crippen LogP contribution is -2.43. The molecule has 1 aromatic rings. The number of nitrogens with zero attached hydrogens (tertiary/aromatic N) is 1. The van der Waals surface area contributed by atoms with Crippen molar-refractivity contribution >= 4 is 24.8 Å². The molecule has 1 fully saturated rings. The summed E-state index contributed by atoms with van der Waals surface area (Å²) in [5.41, 5.74) is 7.50. The molecule has 4 nitrogen and oxygen atoms in total. The summed E-state index contributed by atoms with van der Waals surface area (Å²) >= 11 is 0. The van der Waals surface area contributed by atoms with E-state index in [-0.39, 0.29) is 30.9 Å². The van der Waals surface area contributed by atoms with Gasteiger partial charge in [-0.2, -0.15) is 0 Å². The van der Waals surface area contributed by atoms with Gasteiger partial charge in [0.05, 0.1) is 13.7 Å². The summed E-state index contributed by atoms with van der Waals surface area (Å²) in [6.07, 6.45) is 1.04. The Hall–Kier alpha value is -0.680. The molecule has 2 atom stereocenters. The molecule has 6 heteroatoms. The average molecular weight is 337 g/mol. The van der Waals surface area contributed by atoms with Crippen molar-refractivity contribution in [2.45, 2.75) is 25.3 Å². The number of rotatable bonds is 4. The number of piperidine rings is 1. The quantitative estimate of drug-likeness (QED) is 0.918. The van der Waals surface area contributed by atoms with Crippen LogP contribution in [0, 0.1) is 0 Å². The number of halogens is 2. The van der Waals surface area contributed by atoms with Gasteiger partial charge in [0.15, 0.2) is 11.5 Å². The monoisotopic (exact) mass is 336 g/mol. The zero-order valence-electron chi connectivity index (χ0n) is 12.9. The molecule has 122 valence electrons. The predicted molar refractivity (Wildman–Crippen MR) is 91.5 cm³/mol. The highest BCUT2D eigenvalue weighted by molar-refractivity contribution is 5.85. The number of ether oxygens (including phenoxy) is 2. The summed E-state index contributed by atoms with van der Waals surface area (Å²) in [4.78, 5) is 2.33. The molecule has 2 N–H and O–H groups in total. The first kappa shape index (κ1) is 20.3. The first-order chi connectivity index (χ1) is 9.15. The second-order valence-corrected chi connectivity index (χ2v) is 5.16. The first-order valence-electron chi connectivity index (χ1n) is 6.90. The van der Waals surface area contributed by atoms with Crippen LogP contribution < -0.4 is 15.2 Å². The third-order valence-corrected chi connectivity index (χ3v) is 3.79. The lowest BCUT2D eigenvalue weighted by atomic mass is 9.86. The highest BCUT2D eigenvalue weighted by atomic mass is 35.5. The van der Waals surface area contributed by atoms with Gasteiger partial charge in [-0.05, 0) is 44.6 Å². The Morgan fingerprint density at radius 1 is 1.29 bits per heavy atom. The zero-order valence-corrected chi connectivity index (χ0v) is 14.5. The van der Waals surface area contributed by atoms with Crippen LogP contribution in [0.15, 0.2) is 18.2 Å². The molecule has 0 saturated carbocycles. The number of nitrogens with two attached hydrogens (primary N) is 1. The molecule has 0 bridgehead atoms. The van der Waals surface area contributed by atoms with Gasteiger partial charge in [0.25, 0.3) is 0 Å². The van der Waals surface area contributed by atoms with Crippen molar-refractivity contribution in [1.82, 2.24) is 4.90 Å². The minimum atomic E-state index is 0. The Morgan fingerprint density at radius 2 is 2.00 bits per heavy atom. The molecule has 1 aromatic carbocycles. The number of likely N-dealkylation sites (N-methyl/N-ethyl adjacent to an activating group) is 1. The van der Waals surface area contributed by atoms with Crippen LogP contribution in [-0.4, -0.2) is 44.8 Å². The normalized spacial score (nSPS) is 21.9. The Morgan fingerprint density at radius 3 is 2.62 bits per heavy atom. The van der Waals surface area contributed by atoms with Gasteiger partial charge >= 0.3 is 0 Å². The molecule has 0 aliphatic carbocycles. The van der Waals surface area contributed by atoms with E-state index in [1.807, 2.05) is 13.0 Å². The Labute approximate surface area is 139 Å². The van der Waals surface area contributed by atoms with E-state index in [4.69, 9.17) is 15.2 Å². The Balaban J connectivity index is 0.00000200. The molecule has 1 heterocycles. The summed E-state index contributed by atoms with van der Waals surface area (Å²) in [5.74, 6) is 1.95. The standard InChI is InChI=1S/C15H24N2O2.2ClH/c1-4-19-14-6-5-11(9-15(14)18-3)12-10-17(2)8-7-13(12)16;;/h5-6,9,12-13H,4,7-8,10,16H2,1-3H3;2*1H/t12-,13-;;/m1../s1. The van der Waals surface area contributed by atoms with E-state index in [0.29, 0.717) is 12.5 Å². The van der Waals surface area contributed by atoms with E-state index in [1.165, 1.54) is 5.56 Å². The van der Waals surface area contributed by atoms with Crippen molar-refractivity contribution in [3.63, 3.8) is 0 Å². The largest absolute Gasteiger partial charge is 0.493 e. The molecule has 0 amide bonds. The smallest absolute Gasteiger partial charge is 0.161 e. The molecule has 1 aliphatic rings. The van der Waals surface area contributed by atoms with Crippen LogP contribution in [0.1, 0.15) is 24.8 Å². The SMILES string of the molecule is CCOc1ccc([C@H]2CN(C)CC[C@H]2N)cc1OC.Cl.Cl. The predicted octanol–water partition coefficient (Wildman–Crippen LogP) is 2.68. The summed E-state index contributed by atoms with van der Waals surface area (Å²) in [6.45, 7) is 4.69. The number of methoxy groups -OCH3 is 1. The minimum absolute atomic E-state index is 0. The van der Waals surface area contributed by atoms with Crippen LogP contribution in [0.4, 0.5) is 0 Å². The fourth-order valence-electron chi connectivity index (χ4n) is 2.68. The maximum absolute atomic E-state index is 6.26. The fourth-order valence-corrected chi connectivity index (χ4v) is 2.68. The van der Waals surface area contributed by atoms with Gasteiger partial charge in [-0.15, -0.1) is 24.8 Å². The number of benzene rings is 1. The molecular formula is C15H26Cl2N2O2. The molecule has 1 aliphatic heterocycles. The molecule has 0 spiro atoms. The second-order valence-electron chi connectivity index (χ2n) is 5.16. The van der Waals surface area contributed by atoms with Gasteiger partial charge < -0.3 is 20.1 Å². The van der Waals surface area contributed by atoms with E-state index in [2.05, 4.69) is 24.1 Å². The second kappa shape index (κ2) is 9.36. The summed E-state index contributed by atoms with van der Waals surface area (Å²) in [6, 6.07) is 6.38. The third kappa shape index (κ3) is 4.92. The summed E-state index contributed by atoms with van der Waals surface area (Å²) in [5, 5.41) is 0. The summed E-state index contributed by atoms with van der Waals surface area (Å²) in [7, 11) is 3.82. The fraction of sp³-hybridized carbons (Fsp3) is 0.600. The lowest BCUT2D eigenvalue weighted by molar-refractivity contribution is 0.227. The van der Waals surface area contributed by atoms with E-state index < -0.39 is 0 Å². The number of likely N-dealkylation sites (tertiary alicyclic amines) is 1. The van der Waals surface area contributed by atoms with E-state index >= 15 is 0 Å². The summed E-state index contributed by atoms with van der Waals surface area (Å²) < 4.78 is 11.0. The number of hydrogen-bond acceptors (Lipinski definition) is 4. The Kier molecular flexibility index (Phi) is 9.06. The van der Waals surface area contributed by atoms with Crippen LogP contribution in [0.25, 0.3) is 0 Å². The first-order valence-corrected chi connectivity index (χ1v) is 6.90. The maximum Gasteiger partial charge on any atom is 0.161 e. The van der Waals surface area contributed by atoms with Gasteiger partial charge in [-0.3, -0.25) is 0 Å². The van der Waals surface area contributed by atoms with Crippen molar-refractivity contribution in [1.29, 1.82) is 0 Å². The zero-order chi connectivity index (χ0) is 13.8. The van der Waals surface area contributed by atoms with Crippen molar-refractivity contribution < 1.29 is 9.47 Å². The topological polar surface area (TPSA) is 47.7 Å². The number of hydrogen-bond donors (Lipinski definition) is 1. The van der Waals surface area contributed by atoms with E-state index in [1.54, 1.807) is 7.11 Å². The van der Waals surface area contributed by atoms with Gasteiger partial charge in [0.1, 0.15) is 0 Å². The average Bonchev–Trinajstić information content (AvgIpc) is 2.42. The Bertz CT molecular complexity index is 432. The maximum atomic E-state index is 6.26. The van der Waals surface area contributed by atoms with E-state index in [9.17, 15) is 0 Å². The van der Waals surface area contributed by atoms with Crippen molar-refractivity contribution in [2.75, 3.05) is 33.9 Å². The van der Waals surface area contributed by atoms with Crippen LogP contribution >= 0.6 is 24.8 Å². The van der Waals surface area contributed by atoms with Gasteiger partial charge in [-0.25, -0.2) is 0 Å². The molecule has 2 rings (SSSR count). The molecule has 0 aromatic heterocycles. The van der Waals surface area contributed by atoms with E-state index in [0.717, 1.165) is 31.0 Å². The van der Waals surface area contributed by atoms with Crippen molar-refractivity contribution in [2.24, 2.45) is 5.73 Å². The van der Waals surface area contributed by atoms with Crippen molar-refractivity contribution in [3.8, 4) is 11.5 Å². The molecule has 0 unspecified atom stereocenters. The molecule has 0 radical (unpaired) electrons. The highest BCUT2D eigenvalue weighted by Gasteiger charge is 2.26. The third-order valence-electron chi connectivity index (χ3n) is 3.79. The van der Waals surface area contributed by atoms with Crippen LogP contribution in [0.2, 0.25) is 0 Å². The van der Waals surface area contributed by atoms with Gasteiger partial charge in [-0.1, -0.05) is 6.07 Å². The molecular weight excluding hydrogens is 311 g/mol. The lowest BCUT2D eigenvalue weighted by Gasteiger charge is -2.35. The van der Waals surface area contributed by atoms with Crippen LogP contribution in [0.5, 0.6) is 11.5 Å². The van der Waals surface area contributed by atoms with Crippen LogP contribution in [0.3, 0.4) is 0 Å². The van der Waals surface area contributed by atoms with Gasteiger partial charge in [0.2, 0.25) is 0 Å². The molecule has 1 saturated heterocycles. The highest BCUT2D eigenvalue weighted by Crippen LogP contribution is 2.33.